The lowest BCUT2D eigenvalue weighted by Crippen LogP contribution is -1.97. The normalized spacial score (nSPS) is 15.4. The lowest BCUT2D eigenvalue weighted by Gasteiger charge is -2.05. The molecule has 1 aromatic carbocycles. The molecular formula is C11H9ClFN3. The van der Waals surface area contributed by atoms with Crippen molar-refractivity contribution in [2.45, 2.75) is 18.9 Å². The van der Waals surface area contributed by atoms with Crippen molar-refractivity contribution in [2.24, 2.45) is 0 Å². The molecule has 16 heavy (non-hydrogen) atoms. The highest BCUT2D eigenvalue weighted by Crippen LogP contribution is 2.38. The molecule has 1 fully saturated rings. The van der Waals surface area contributed by atoms with Crippen LogP contribution in [-0.2, 0) is 0 Å². The maximum absolute atomic E-state index is 13.7. The first-order chi connectivity index (χ1) is 7.75. The van der Waals surface area contributed by atoms with Crippen LogP contribution in [0.15, 0.2) is 24.5 Å². The van der Waals surface area contributed by atoms with Gasteiger partial charge in [-0.3, -0.25) is 0 Å². The summed E-state index contributed by atoms with van der Waals surface area (Å²) in [5.41, 5.74) is 0.453. The number of aromatic nitrogens is 3. The van der Waals surface area contributed by atoms with Gasteiger partial charge in [-0.25, -0.2) is 4.39 Å². The van der Waals surface area contributed by atoms with Crippen LogP contribution in [0.5, 0.6) is 0 Å². The Bertz CT molecular complexity index is 534. The van der Waals surface area contributed by atoms with E-state index in [1.165, 1.54) is 6.07 Å². The number of hydrogen-bond acceptors (Lipinski definition) is 2. The molecule has 0 aliphatic heterocycles. The van der Waals surface area contributed by atoms with Crippen molar-refractivity contribution in [1.82, 2.24) is 14.8 Å². The summed E-state index contributed by atoms with van der Waals surface area (Å²) in [4.78, 5) is 0. The van der Waals surface area contributed by atoms with Crippen LogP contribution in [-0.4, -0.2) is 14.8 Å². The first-order valence-electron chi connectivity index (χ1n) is 5.10. The van der Waals surface area contributed by atoms with Gasteiger partial charge >= 0.3 is 0 Å². The number of hydrogen-bond donors (Lipinski definition) is 0. The highest BCUT2D eigenvalue weighted by molar-refractivity contribution is 6.30. The zero-order valence-corrected chi connectivity index (χ0v) is 9.15. The first-order valence-corrected chi connectivity index (χ1v) is 5.48. The van der Waals surface area contributed by atoms with E-state index in [-0.39, 0.29) is 5.82 Å². The molecule has 1 aliphatic carbocycles. The zero-order valence-electron chi connectivity index (χ0n) is 8.40. The van der Waals surface area contributed by atoms with Crippen LogP contribution < -0.4 is 0 Å². The van der Waals surface area contributed by atoms with Crippen molar-refractivity contribution in [3.63, 3.8) is 0 Å². The predicted molar refractivity (Wildman–Crippen MR) is 58.7 cm³/mol. The molecular weight excluding hydrogens is 229 g/mol. The third-order valence-electron chi connectivity index (χ3n) is 2.69. The SMILES string of the molecule is Fc1cc(Cl)ccc1-c1nncn1C1CC1. The monoisotopic (exact) mass is 237 g/mol. The fourth-order valence-electron chi connectivity index (χ4n) is 1.73. The molecule has 0 radical (unpaired) electrons. The van der Waals surface area contributed by atoms with Crippen molar-refractivity contribution in [3.8, 4) is 11.4 Å². The van der Waals surface area contributed by atoms with Crippen LogP contribution in [0.1, 0.15) is 18.9 Å². The zero-order chi connectivity index (χ0) is 11.1. The van der Waals surface area contributed by atoms with E-state index in [9.17, 15) is 4.39 Å². The number of nitrogens with zero attached hydrogens (tertiary/aromatic N) is 3. The van der Waals surface area contributed by atoms with Gasteiger partial charge in [0.25, 0.3) is 0 Å². The highest BCUT2D eigenvalue weighted by atomic mass is 35.5. The molecule has 3 rings (SSSR count). The summed E-state index contributed by atoms with van der Waals surface area (Å²) in [7, 11) is 0. The van der Waals surface area contributed by atoms with Gasteiger partial charge in [0, 0.05) is 11.1 Å². The minimum atomic E-state index is -0.359. The molecule has 0 unspecified atom stereocenters. The standard InChI is InChI=1S/C11H9ClFN3/c12-7-1-4-9(10(13)5-7)11-15-14-6-16(11)8-2-3-8/h1,4-6,8H,2-3H2. The van der Waals surface area contributed by atoms with Crippen LogP contribution in [0.3, 0.4) is 0 Å². The number of benzene rings is 1. The molecule has 1 heterocycles. The average Bonchev–Trinajstić information content (AvgIpc) is 2.98. The van der Waals surface area contributed by atoms with E-state index in [1.54, 1.807) is 18.5 Å². The van der Waals surface area contributed by atoms with Crippen LogP contribution in [0, 0.1) is 5.82 Å². The summed E-state index contributed by atoms with van der Waals surface area (Å²) in [6.45, 7) is 0. The summed E-state index contributed by atoms with van der Waals surface area (Å²) in [5.74, 6) is 0.221. The molecule has 2 aromatic rings. The van der Waals surface area contributed by atoms with Gasteiger partial charge in [-0.1, -0.05) is 11.6 Å². The van der Waals surface area contributed by atoms with E-state index < -0.39 is 0 Å². The van der Waals surface area contributed by atoms with E-state index in [2.05, 4.69) is 10.2 Å². The fraction of sp³-hybridized carbons (Fsp3) is 0.273. The van der Waals surface area contributed by atoms with E-state index in [0.29, 0.717) is 22.5 Å². The van der Waals surface area contributed by atoms with Gasteiger partial charge < -0.3 is 4.57 Å². The van der Waals surface area contributed by atoms with E-state index in [4.69, 9.17) is 11.6 Å². The Morgan fingerprint density at radius 1 is 1.38 bits per heavy atom. The predicted octanol–water partition coefficient (Wildman–Crippen LogP) is 3.07. The van der Waals surface area contributed by atoms with Crippen molar-refractivity contribution in [3.05, 3.63) is 35.4 Å². The minimum absolute atomic E-state index is 0.359. The maximum Gasteiger partial charge on any atom is 0.166 e. The second-order valence-corrected chi connectivity index (χ2v) is 4.35. The van der Waals surface area contributed by atoms with Crippen molar-refractivity contribution >= 4 is 11.6 Å². The largest absolute Gasteiger partial charge is 0.310 e. The first kappa shape index (κ1) is 9.78. The Hall–Kier alpha value is -1.42. The summed E-state index contributed by atoms with van der Waals surface area (Å²) in [6.07, 6.45) is 3.88. The molecule has 5 heteroatoms. The van der Waals surface area contributed by atoms with Gasteiger partial charge in [-0.05, 0) is 31.0 Å². The molecule has 0 atom stereocenters. The van der Waals surface area contributed by atoms with Gasteiger partial charge in [-0.2, -0.15) is 0 Å². The van der Waals surface area contributed by atoms with Crippen LogP contribution >= 0.6 is 11.6 Å². The van der Waals surface area contributed by atoms with Gasteiger partial charge in [0.2, 0.25) is 0 Å². The van der Waals surface area contributed by atoms with Gasteiger partial charge in [0.1, 0.15) is 12.1 Å². The molecule has 1 aromatic heterocycles. The average molecular weight is 238 g/mol. The van der Waals surface area contributed by atoms with Crippen LogP contribution in [0.4, 0.5) is 4.39 Å². The third-order valence-corrected chi connectivity index (χ3v) is 2.92. The molecule has 1 aliphatic rings. The molecule has 0 spiro atoms. The Labute approximate surface area is 96.9 Å². The fourth-order valence-corrected chi connectivity index (χ4v) is 1.88. The smallest absolute Gasteiger partial charge is 0.166 e. The van der Waals surface area contributed by atoms with E-state index in [1.807, 2.05) is 4.57 Å². The Morgan fingerprint density at radius 2 is 2.19 bits per heavy atom. The third kappa shape index (κ3) is 1.59. The van der Waals surface area contributed by atoms with E-state index >= 15 is 0 Å². The molecule has 3 nitrogen and oxygen atoms in total. The number of rotatable bonds is 2. The molecule has 82 valence electrons. The van der Waals surface area contributed by atoms with Crippen molar-refractivity contribution < 1.29 is 4.39 Å². The second-order valence-electron chi connectivity index (χ2n) is 3.92. The van der Waals surface area contributed by atoms with Gasteiger partial charge in [0.05, 0.1) is 5.56 Å². The lowest BCUT2D eigenvalue weighted by molar-refractivity contribution is 0.626. The summed E-state index contributed by atoms with van der Waals surface area (Å²) in [5, 5.41) is 8.19. The Balaban J connectivity index is 2.10. The second kappa shape index (κ2) is 3.56. The Morgan fingerprint density at radius 3 is 2.88 bits per heavy atom. The maximum atomic E-state index is 13.7. The topological polar surface area (TPSA) is 30.7 Å². The summed E-state index contributed by atoms with van der Waals surface area (Å²) in [6, 6.07) is 5.02. The van der Waals surface area contributed by atoms with Crippen LogP contribution in [0.2, 0.25) is 5.02 Å². The molecule has 1 saturated carbocycles. The summed E-state index contributed by atoms with van der Waals surface area (Å²) >= 11 is 5.71. The number of halogens is 2. The van der Waals surface area contributed by atoms with Crippen molar-refractivity contribution in [1.29, 1.82) is 0 Å². The van der Waals surface area contributed by atoms with Crippen molar-refractivity contribution in [2.75, 3.05) is 0 Å². The molecule has 0 amide bonds. The quantitative estimate of drug-likeness (QED) is 0.804. The van der Waals surface area contributed by atoms with Gasteiger partial charge in [-0.15, -0.1) is 10.2 Å². The molecule has 0 bridgehead atoms. The summed E-state index contributed by atoms with van der Waals surface area (Å²) < 4.78 is 15.6. The van der Waals surface area contributed by atoms with E-state index in [0.717, 1.165) is 12.8 Å². The van der Waals surface area contributed by atoms with Crippen LogP contribution in [0.25, 0.3) is 11.4 Å². The molecule has 0 N–H and O–H groups in total. The highest BCUT2D eigenvalue weighted by Gasteiger charge is 2.27. The molecule has 0 saturated heterocycles. The minimum Gasteiger partial charge on any atom is -0.310 e. The lowest BCUT2D eigenvalue weighted by atomic mass is 10.2. The van der Waals surface area contributed by atoms with Gasteiger partial charge in [0.15, 0.2) is 5.82 Å². The Kier molecular flexibility index (Phi) is 2.17.